The minimum atomic E-state index is -0.220. The number of piperazine rings is 1. The molecule has 1 aromatic carbocycles. The van der Waals surface area contributed by atoms with Gasteiger partial charge in [-0.15, -0.1) is 0 Å². The fraction of sp³-hybridized carbons (Fsp3) is 0.538. The van der Waals surface area contributed by atoms with Crippen LogP contribution in [-0.2, 0) is 0 Å². The average molecular weight is 237 g/mol. The van der Waals surface area contributed by atoms with E-state index >= 15 is 0 Å². The van der Waals surface area contributed by atoms with Crippen molar-refractivity contribution in [1.29, 1.82) is 0 Å². The third-order valence-corrected chi connectivity index (χ3v) is 3.48. The quantitative estimate of drug-likeness (QED) is 0.798. The molecule has 1 aliphatic rings. The maximum absolute atomic E-state index is 13.8. The van der Waals surface area contributed by atoms with E-state index in [1.165, 1.54) is 6.07 Å². The molecular weight excluding hydrogens is 217 g/mol. The topological polar surface area (TPSA) is 32.5 Å². The van der Waals surface area contributed by atoms with Gasteiger partial charge in [-0.3, -0.25) is 4.90 Å². The Morgan fingerprint density at radius 3 is 2.76 bits per heavy atom. The van der Waals surface area contributed by atoms with E-state index in [1.54, 1.807) is 12.1 Å². The van der Waals surface area contributed by atoms with Gasteiger partial charge >= 0.3 is 0 Å². The SMILES string of the molecule is CCN1CCN(c2ccc(N)cc2F)CC1C. The Kier molecular flexibility index (Phi) is 3.52. The standard InChI is InChI=1S/C13H20FN3/c1-3-16-6-7-17(9-10(16)2)13-5-4-11(15)8-12(13)14/h4-5,8,10H,3,6-7,9,15H2,1-2H3. The molecule has 1 fully saturated rings. The van der Waals surface area contributed by atoms with Gasteiger partial charge in [0.15, 0.2) is 0 Å². The van der Waals surface area contributed by atoms with Crippen molar-refractivity contribution in [3.05, 3.63) is 24.0 Å². The maximum atomic E-state index is 13.8. The van der Waals surface area contributed by atoms with Crippen molar-refractivity contribution in [2.24, 2.45) is 0 Å². The number of hydrogen-bond donors (Lipinski definition) is 1. The Morgan fingerprint density at radius 2 is 2.18 bits per heavy atom. The van der Waals surface area contributed by atoms with Crippen LogP contribution in [0.1, 0.15) is 13.8 Å². The third-order valence-electron chi connectivity index (χ3n) is 3.48. The first-order chi connectivity index (χ1) is 8.11. The molecule has 4 heteroatoms. The van der Waals surface area contributed by atoms with E-state index in [0.717, 1.165) is 26.2 Å². The zero-order valence-electron chi connectivity index (χ0n) is 10.5. The molecule has 0 aliphatic carbocycles. The molecule has 1 atom stereocenters. The van der Waals surface area contributed by atoms with E-state index in [9.17, 15) is 4.39 Å². The Labute approximate surface area is 102 Å². The number of nitrogen functional groups attached to an aromatic ring is 1. The van der Waals surface area contributed by atoms with Crippen molar-refractivity contribution in [2.45, 2.75) is 19.9 Å². The number of anilines is 2. The van der Waals surface area contributed by atoms with Crippen LogP contribution in [0.5, 0.6) is 0 Å². The molecule has 1 saturated heterocycles. The second kappa shape index (κ2) is 4.92. The highest BCUT2D eigenvalue weighted by Crippen LogP contribution is 2.24. The molecule has 17 heavy (non-hydrogen) atoms. The summed E-state index contributed by atoms with van der Waals surface area (Å²) in [6.45, 7) is 8.13. The van der Waals surface area contributed by atoms with Gasteiger partial charge in [-0.2, -0.15) is 0 Å². The molecule has 0 saturated carbocycles. The third kappa shape index (κ3) is 2.52. The van der Waals surface area contributed by atoms with Crippen LogP contribution in [0.2, 0.25) is 0 Å². The van der Waals surface area contributed by atoms with Gasteiger partial charge in [-0.25, -0.2) is 4.39 Å². The van der Waals surface area contributed by atoms with Gasteiger partial charge in [0.1, 0.15) is 5.82 Å². The van der Waals surface area contributed by atoms with Crippen molar-refractivity contribution >= 4 is 11.4 Å². The Hall–Kier alpha value is -1.29. The summed E-state index contributed by atoms with van der Waals surface area (Å²) in [4.78, 5) is 4.51. The number of halogens is 1. The highest BCUT2D eigenvalue weighted by molar-refractivity contribution is 5.54. The van der Waals surface area contributed by atoms with E-state index in [1.807, 2.05) is 0 Å². The number of nitrogens with zero attached hydrogens (tertiary/aromatic N) is 2. The van der Waals surface area contributed by atoms with Gasteiger partial charge in [-0.05, 0) is 31.7 Å². The van der Waals surface area contributed by atoms with E-state index in [-0.39, 0.29) is 5.82 Å². The molecule has 94 valence electrons. The van der Waals surface area contributed by atoms with Gasteiger partial charge in [-0.1, -0.05) is 6.92 Å². The van der Waals surface area contributed by atoms with Crippen LogP contribution in [0.4, 0.5) is 15.8 Å². The number of benzene rings is 1. The lowest BCUT2D eigenvalue weighted by atomic mass is 10.1. The first-order valence-corrected chi connectivity index (χ1v) is 6.16. The van der Waals surface area contributed by atoms with Crippen LogP contribution in [0, 0.1) is 5.82 Å². The minimum Gasteiger partial charge on any atom is -0.399 e. The van der Waals surface area contributed by atoms with Crippen LogP contribution in [0.3, 0.4) is 0 Å². The van der Waals surface area contributed by atoms with E-state index in [4.69, 9.17) is 5.73 Å². The molecule has 1 aromatic rings. The molecule has 1 aliphatic heterocycles. The summed E-state index contributed by atoms with van der Waals surface area (Å²) < 4.78 is 13.8. The number of nitrogens with two attached hydrogens (primary N) is 1. The van der Waals surface area contributed by atoms with Crippen molar-refractivity contribution in [3.63, 3.8) is 0 Å². The van der Waals surface area contributed by atoms with E-state index in [2.05, 4.69) is 23.6 Å². The minimum absolute atomic E-state index is 0.220. The molecular formula is C13H20FN3. The molecule has 3 nitrogen and oxygen atoms in total. The molecule has 2 rings (SSSR count). The second-order valence-corrected chi connectivity index (χ2v) is 4.63. The molecule has 0 radical (unpaired) electrons. The number of hydrogen-bond acceptors (Lipinski definition) is 3. The van der Waals surface area contributed by atoms with Crippen LogP contribution in [0.15, 0.2) is 18.2 Å². The molecule has 0 bridgehead atoms. The summed E-state index contributed by atoms with van der Waals surface area (Å²) in [5.41, 5.74) is 6.71. The lowest BCUT2D eigenvalue weighted by Gasteiger charge is -2.40. The Morgan fingerprint density at radius 1 is 1.41 bits per heavy atom. The Balaban J connectivity index is 2.14. The van der Waals surface area contributed by atoms with Crippen molar-refractivity contribution in [3.8, 4) is 0 Å². The van der Waals surface area contributed by atoms with Crippen LogP contribution in [0.25, 0.3) is 0 Å². The Bertz CT molecular complexity index is 394. The fourth-order valence-electron chi connectivity index (χ4n) is 2.46. The second-order valence-electron chi connectivity index (χ2n) is 4.63. The summed E-state index contributed by atoms with van der Waals surface area (Å²) in [6, 6.07) is 5.39. The molecule has 0 spiro atoms. The maximum Gasteiger partial charge on any atom is 0.148 e. The monoisotopic (exact) mass is 237 g/mol. The molecule has 2 N–H and O–H groups in total. The van der Waals surface area contributed by atoms with Gasteiger partial charge < -0.3 is 10.6 Å². The molecule has 0 aromatic heterocycles. The summed E-state index contributed by atoms with van der Waals surface area (Å²) in [5.74, 6) is -0.220. The molecule has 0 amide bonds. The van der Waals surface area contributed by atoms with Gasteiger partial charge in [0.2, 0.25) is 0 Å². The number of likely N-dealkylation sites (N-methyl/N-ethyl adjacent to an activating group) is 1. The summed E-state index contributed by atoms with van der Waals surface area (Å²) in [7, 11) is 0. The zero-order chi connectivity index (χ0) is 12.4. The fourth-order valence-corrected chi connectivity index (χ4v) is 2.46. The molecule has 1 heterocycles. The smallest absolute Gasteiger partial charge is 0.148 e. The van der Waals surface area contributed by atoms with Crippen molar-refractivity contribution in [1.82, 2.24) is 4.90 Å². The van der Waals surface area contributed by atoms with Crippen LogP contribution < -0.4 is 10.6 Å². The van der Waals surface area contributed by atoms with Crippen molar-refractivity contribution < 1.29 is 4.39 Å². The van der Waals surface area contributed by atoms with E-state index < -0.39 is 0 Å². The summed E-state index contributed by atoms with van der Waals surface area (Å²) >= 11 is 0. The number of rotatable bonds is 2. The van der Waals surface area contributed by atoms with Gasteiger partial charge in [0, 0.05) is 31.4 Å². The lowest BCUT2D eigenvalue weighted by Crippen LogP contribution is -2.51. The summed E-state index contributed by atoms with van der Waals surface area (Å²) in [5, 5.41) is 0. The van der Waals surface area contributed by atoms with E-state index in [0.29, 0.717) is 17.4 Å². The normalized spacial score (nSPS) is 21.8. The first kappa shape index (κ1) is 12.2. The largest absolute Gasteiger partial charge is 0.399 e. The van der Waals surface area contributed by atoms with Gasteiger partial charge in [0.25, 0.3) is 0 Å². The predicted molar refractivity (Wildman–Crippen MR) is 69.7 cm³/mol. The average Bonchev–Trinajstić information content (AvgIpc) is 2.29. The first-order valence-electron chi connectivity index (χ1n) is 6.16. The zero-order valence-corrected chi connectivity index (χ0v) is 10.5. The molecule has 1 unspecified atom stereocenters. The highest BCUT2D eigenvalue weighted by Gasteiger charge is 2.23. The van der Waals surface area contributed by atoms with Gasteiger partial charge in [0.05, 0.1) is 5.69 Å². The predicted octanol–water partition coefficient (Wildman–Crippen LogP) is 1.94. The summed E-state index contributed by atoms with van der Waals surface area (Å²) in [6.07, 6.45) is 0. The lowest BCUT2D eigenvalue weighted by molar-refractivity contribution is 0.199. The van der Waals surface area contributed by atoms with Crippen LogP contribution in [-0.4, -0.2) is 37.1 Å². The van der Waals surface area contributed by atoms with Crippen LogP contribution >= 0.6 is 0 Å². The van der Waals surface area contributed by atoms with Crippen molar-refractivity contribution in [2.75, 3.05) is 36.8 Å². The highest BCUT2D eigenvalue weighted by atomic mass is 19.1.